The van der Waals surface area contributed by atoms with Crippen molar-refractivity contribution >= 4 is 0 Å². The van der Waals surface area contributed by atoms with Gasteiger partial charge in [0, 0.05) is 18.9 Å². The minimum absolute atomic E-state index is 0.176. The highest BCUT2D eigenvalue weighted by molar-refractivity contribution is 5.31. The first-order valence-electron chi connectivity index (χ1n) is 5.91. The summed E-state index contributed by atoms with van der Waals surface area (Å²) >= 11 is 0. The Labute approximate surface area is 110 Å². The van der Waals surface area contributed by atoms with Gasteiger partial charge in [-0.15, -0.1) is 0 Å². The lowest BCUT2D eigenvalue weighted by Gasteiger charge is -2.10. The lowest BCUT2D eigenvalue weighted by molar-refractivity contribution is 0.269. The topological polar surface area (TPSA) is 39.1 Å². The first-order valence-corrected chi connectivity index (χ1v) is 5.91. The SMILES string of the molecule is CNCc1cc(F)c(OCCn2ccnc2)c(F)c1. The molecular weight excluding hydrogens is 252 g/mol. The second-order valence-corrected chi connectivity index (χ2v) is 4.07. The third-order valence-corrected chi connectivity index (χ3v) is 2.59. The van der Waals surface area contributed by atoms with Gasteiger partial charge in [0.2, 0.25) is 0 Å². The number of aromatic nitrogens is 2. The van der Waals surface area contributed by atoms with E-state index in [1.54, 1.807) is 30.3 Å². The molecule has 102 valence electrons. The lowest BCUT2D eigenvalue weighted by atomic mass is 10.2. The molecule has 1 heterocycles. The van der Waals surface area contributed by atoms with Gasteiger partial charge in [0.05, 0.1) is 12.9 Å². The van der Waals surface area contributed by atoms with Gasteiger partial charge in [0.25, 0.3) is 0 Å². The van der Waals surface area contributed by atoms with Crippen molar-refractivity contribution in [3.05, 3.63) is 48.1 Å². The predicted molar refractivity (Wildman–Crippen MR) is 66.8 cm³/mol. The van der Waals surface area contributed by atoms with Crippen LogP contribution in [0.4, 0.5) is 8.78 Å². The number of imidazole rings is 1. The van der Waals surface area contributed by atoms with Gasteiger partial charge in [-0.1, -0.05) is 0 Å². The van der Waals surface area contributed by atoms with Crippen LogP contribution in [0, 0.1) is 11.6 Å². The number of halogens is 2. The molecule has 0 amide bonds. The molecule has 0 bridgehead atoms. The third kappa shape index (κ3) is 3.51. The number of nitrogens with one attached hydrogen (secondary N) is 1. The van der Waals surface area contributed by atoms with Gasteiger partial charge in [-0.2, -0.15) is 0 Å². The van der Waals surface area contributed by atoms with Crippen LogP contribution in [0.3, 0.4) is 0 Å². The molecule has 0 fully saturated rings. The number of hydrogen-bond acceptors (Lipinski definition) is 3. The molecule has 1 aromatic heterocycles. The van der Waals surface area contributed by atoms with Crippen LogP contribution in [0.5, 0.6) is 5.75 Å². The maximum atomic E-state index is 13.7. The molecule has 0 aliphatic heterocycles. The molecule has 0 aliphatic rings. The standard InChI is InChI=1S/C13H15F2N3O/c1-16-8-10-6-11(14)13(12(15)7-10)19-5-4-18-3-2-17-9-18/h2-3,6-7,9,16H,4-5,8H2,1H3. The van der Waals surface area contributed by atoms with Crippen LogP contribution in [-0.2, 0) is 13.1 Å². The first kappa shape index (κ1) is 13.5. The van der Waals surface area contributed by atoms with E-state index in [0.717, 1.165) is 0 Å². The first-order chi connectivity index (χ1) is 9.20. The summed E-state index contributed by atoms with van der Waals surface area (Å²) in [5.74, 6) is -1.70. The van der Waals surface area contributed by atoms with Crippen molar-refractivity contribution < 1.29 is 13.5 Å². The van der Waals surface area contributed by atoms with E-state index in [2.05, 4.69) is 10.3 Å². The van der Waals surface area contributed by atoms with E-state index >= 15 is 0 Å². The van der Waals surface area contributed by atoms with Crippen molar-refractivity contribution in [1.82, 2.24) is 14.9 Å². The smallest absolute Gasteiger partial charge is 0.190 e. The summed E-state index contributed by atoms with van der Waals surface area (Å²) in [5, 5.41) is 2.84. The van der Waals surface area contributed by atoms with E-state index in [-0.39, 0.29) is 12.4 Å². The van der Waals surface area contributed by atoms with Crippen molar-refractivity contribution in [2.45, 2.75) is 13.1 Å². The van der Waals surface area contributed by atoms with Gasteiger partial charge in [-0.05, 0) is 24.7 Å². The van der Waals surface area contributed by atoms with Crippen LogP contribution >= 0.6 is 0 Å². The molecule has 6 heteroatoms. The quantitative estimate of drug-likeness (QED) is 0.869. The van der Waals surface area contributed by atoms with Crippen LogP contribution in [0.2, 0.25) is 0 Å². The molecular formula is C13H15F2N3O. The molecule has 0 unspecified atom stereocenters. The second kappa shape index (κ2) is 6.29. The maximum Gasteiger partial charge on any atom is 0.190 e. The van der Waals surface area contributed by atoms with Gasteiger partial charge < -0.3 is 14.6 Å². The van der Waals surface area contributed by atoms with Crippen molar-refractivity contribution in [2.24, 2.45) is 0 Å². The van der Waals surface area contributed by atoms with Gasteiger partial charge in [-0.25, -0.2) is 13.8 Å². The summed E-state index contributed by atoms with van der Waals surface area (Å²) in [6, 6.07) is 2.54. The highest BCUT2D eigenvalue weighted by atomic mass is 19.1. The van der Waals surface area contributed by atoms with Gasteiger partial charge >= 0.3 is 0 Å². The zero-order valence-electron chi connectivity index (χ0n) is 10.6. The molecule has 1 N–H and O–H groups in total. The van der Waals surface area contributed by atoms with Gasteiger partial charge in [0.15, 0.2) is 17.4 Å². The molecule has 0 atom stereocenters. The van der Waals surface area contributed by atoms with E-state index in [9.17, 15) is 8.78 Å². The van der Waals surface area contributed by atoms with Crippen LogP contribution in [0.1, 0.15) is 5.56 Å². The van der Waals surface area contributed by atoms with Crippen LogP contribution < -0.4 is 10.1 Å². The summed E-state index contributed by atoms with van der Waals surface area (Å²) in [7, 11) is 1.71. The molecule has 0 saturated carbocycles. The van der Waals surface area contributed by atoms with Crippen molar-refractivity contribution in [1.29, 1.82) is 0 Å². The van der Waals surface area contributed by atoms with Crippen LogP contribution in [-0.4, -0.2) is 23.2 Å². The highest BCUT2D eigenvalue weighted by Crippen LogP contribution is 2.23. The van der Waals surface area contributed by atoms with E-state index in [0.29, 0.717) is 18.7 Å². The van der Waals surface area contributed by atoms with Crippen molar-refractivity contribution in [3.8, 4) is 5.75 Å². The Bertz CT molecular complexity index is 506. The van der Waals surface area contributed by atoms with Crippen LogP contribution in [0.15, 0.2) is 30.9 Å². The van der Waals surface area contributed by atoms with Gasteiger partial charge in [0.1, 0.15) is 6.61 Å². The second-order valence-electron chi connectivity index (χ2n) is 4.07. The largest absolute Gasteiger partial charge is 0.486 e. The average molecular weight is 267 g/mol. The number of benzene rings is 1. The molecule has 4 nitrogen and oxygen atoms in total. The Hall–Kier alpha value is -1.95. The van der Waals surface area contributed by atoms with E-state index < -0.39 is 11.6 Å². The highest BCUT2D eigenvalue weighted by Gasteiger charge is 2.12. The molecule has 2 aromatic rings. The van der Waals surface area contributed by atoms with Crippen LogP contribution in [0.25, 0.3) is 0 Å². The molecule has 0 saturated heterocycles. The Kier molecular flexibility index (Phi) is 4.46. The third-order valence-electron chi connectivity index (χ3n) is 2.59. The normalized spacial score (nSPS) is 10.7. The molecule has 0 radical (unpaired) electrons. The number of nitrogens with zero attached hydrogens (tertiary/aromatic N) is 2. The Balaban J connectivity index is 1.99. The maximum absolute atomic E-state index is 13.7. The summed E-state index contributed by atoms with van der Waals surface area (Å²) < 4.78 is 34.3. The zero-order valence-corrected chi connectivity index (χ0v) is 10.6. The average Bonchev–Trinajstić information content (AvgIpc) is 2.86. The minimum Gasteiger partial charge on any atom is -0.486 e. The number of hydrogen-bond donors (Lipinski definition) is 1. The Morgan fingerprint density at radius 2 is 2.05 bits per heavy atom. The molecule has 0 spiro atoms. The predicted octanol–water partition coefficient (Wildman–Crippen LogP) is 1.96. The van der Waals surface area contributed by atoms with Gasteiger partial charge in [-0.3, -0.25) is 0 Å². The Morgan fingerprint density at radius 3 is 2.63 bits per heavy atom. The van der Waals surface area contributed by atoms with E-state index in [1.165, 1.54) is 12.1 Å². The summed E-state index contributed by atoms with van der Waals surface area (Å²) in [4.78, 5) is 3.87. The number of rotatable bonds is 6. The van der Waals surface area contributed by atoms with Crippen molar-refractivity contribution in [2.75, 3.05) is 13.7 Å². The Morgan fingerprint density at radius 1 is 1.32 bits per heavy atom. The molecule has 0 aliphatic carbocycles. The van der Waals surface area contributed by atoms with E-state index in [4.69, 9.17) is 4.74 Å². The monoisotopic (exact) mass is 267 g/mol. The summed E-state index contributed by atoms with van der Waals surface area (Å²) in [6.07, 6.45) is 5.01. The lowest BCUT2D eigenvalue weighted by Crippen LogP contribution is -2.10. The fraction of sp³-hybridized carbons (Fsp3) is 0.308. The molecule has 2 rings (SSSR count). The molecule has 1 aromatic carbocycles. The summed E-state index contributed by atoms with van der Waals surface area (Å²) in [5.41, 5.74) is 0.541. The minimum atomic E-state index is -0.684. The zero-order chi connectivity index (χ0) is 13.7. The van der Waals surface area contributed by atoms with Crippen molar-refractivity contribution in [3.63, 3.8) is 0 Å². The molecule has 19 heavy (non-hydrogen) atoms. The summed E-state index contributed by atoms with van der Waals surface area (Å²) in [6.45, 7) is 1.07. The number of ether oxygens (including phenoxy) is 1. The fourth-order valence-corrected chi connectivity index (χ4v) is 1.73. The van der Waals surface area contributed by atoms with E-state index in [1.807, 2.05) is 0 Å². The fourth-order valence-electron chi connectivity index (χ4n) is 1.73.